The molecule has 1 heterocycles. The molecular formula is C14H19Cl2N3O3. The number of amides is 2. The molecular weight excluding hydrogens is 329 g/mol. The number of nitrogens with two attached hydrogens (primary N) is 1. The number of hydrogen-bond acceptors (Lipinski definition) is 4. The van der Waals surface area contributed by atoms with Gasteiger partial charge in [0, 0.05) is 19.3 Å². The van der Waals surface area contributed by atoms with Crippen molar-refractivity contribution >= 4 is 41.5 Å². The molecule has 1 aromatic rings. The highest BCUT2D eigenvalue weighted by Gasteiger charge is 2.29. The van der Waals surface area contributed by atoms with Crippen LogP contribution in [0.25, 0.3) is 0 Å². The summed E-state index contributed by atoms with van der Waals surface area (Å²) in [5, 5.41) is 5.51. The second-order valence-corrected chi connectivity index (χ2v) is 5.23. The molecule has 2 amide bonds. The Morgan fingerprint density at radius 1 is 1.41 bits per heavy atom. The minimum absolute atomic E-state index is 0. The zero-order valence-electron chi connectivity index (χ0n) is 12.1. The second kappa shape index (κ2) is 8.33. The molecule has 1 aliphatic heterocycles. The maximum absolute atomic E-state index is 12.1. The van der Waals surface area contributed by atoms with Crippen LogP contribution < -0.4 is 16.4 Å². The number of rotatable bonds is 4. The van der Waals surface area contributed by atoms with Crippen molar-refractivity contribution in [3.05, 3.63) is 28.8 Å². The standard InChI is InChI=1S/C14H18ClN3O3.ClH/c1-17-13(19)10-4-2-8(6-11(10)15)18-14(20)12-5-3-9(7-16)21-12;/h2,4,6,9,12H,3,5,7,16H2,1H3,(H,17,19)(H,18,20);1H/t9-,12+;/m1./s1. The van der Waals surface area contributed by atoms with Crippen molar-refractivity contribution in [1.82, 2.24) is 5.32 Å². The van der Waals surface area contributed by atoms with Gasteiger partial charge in [0.05, 0.1) is 16.7 Å². The van der Waals surface area contributed by atoms with Crippen LogP contribution in [0.3, 0.4) is 0 Å². The molecule has 0 bridgehead atoms. The first-order valence-electron chi connectivity index (χ1n) is 6.73. The zero-order valence-corrected chi connectivity index (χ0v) is 13.7. The molecule has 6 nitrogen and oxygen atoms in total. The molecule has 0 saturated carbocycles. The Morgan fingerprint density at radius 2 is 2.14 bits per heavy atom. The van der Waals surface area contributed by atoms with Crippen molar-refractivity contribution in [2.75, 3.05) is 18.9 Å². The Kier molecular flexibility index (Phi) is 7.09. The quantitative estimate of drug-likeness (QED) is 0.770. The Morgan fingerprint density at radius 3 is 2.68 bits per heavy atom. The van der Waals surface area contributed by atoms with Gasteiger partial charge in [0.1, 0.15) is 6.10 Å². The van der Waals surface area contributed by atoms with Gasteiger partial charge in [0.25, 0.3) is 11.8 Å². The highest BCUT2D eigenvalue weighted by Crippen LogP contribution is 2.23. The maximum Gasteiger partial charge on any atom is 0.253 e. The number of hydrogen-bond donors (Lipinski definition) is 3. The maximum atomic E-state index is 12.1. The first kappa shape index (κ1) is 18.7. The summed E-state index contributed by atoms with van der Waals surface area (Å²) in [5.41, 5.74) is 6.40. The summed E-state index contributed by atoms with van der Waals surface area (Å²) >= 11 is 6.03. The number of carbonyl (C=O) groups excluding carboxylic acids is 2. The van der Waals surface area contributed by atoms with Gasteiger partial charge in [-0.2, -0.15) is 0 Å². The summed E-state index contributed by atoms with van der Waals surface area (Å²) in [7, 11) is 1.53. The highest BCUT2D eigenvalue weighted by molar-refractivity contribution is 6.34. The third kappa shape index (κ3) is 4.33. The van der Waals surface area contributed by atoms with Crippen LogP contribution in [0.15, 0.2) is 18.2 Å². The fraction of sp³-hybridized carbons (Fsp3) is 0.429. The molecule has 4 N–H and O–H groups in total. The van der Waals surface area contributed by atoms with Gasteiger partial charge in [-0.25, -0.2) is 0 Å². The SMILES string of the molecule is CNC(=O)c1ccc(NC(=O)[C@@H]2CC[C@H](CN)O2)cc1Cl.Cl. The van der Waals surface area contributed by atoms with E-state index in [4.69, 9.17) is 22.1 Å². The lowest BCUT2D eigenvalue weighted by molar-refractivity contribution is -0.126. The molecule has 8 heteroatoms. The second-order valence-electron chi connectivity index (χ2n) is 4.82. The van der Waals surface area contributed by atoms with Gasteiger partial charge >= 0.3 is 0 Å². The fourth-order valence-electron chi connectivity index (χ4n) is 2.21. The van der Waals surface area contributed by atoms with E-state index in [0.717, 1.165) is 6.42 Å². The molecule has 0 unspecified atom stereocenters. The summed E-state index contributed by atoms with van der Waals surface area (Å²) in [6, 6.07) is 4.73. The third-order valence-corrected chi connectivity index (χ3v) is 3.68. The van der Waals surface area contributed by atoms with Crippen molar-refractivity contribution in [2.45, 2.75) is 25.0 Å². The van der Waals surface area contributed by atoms with Crippen molar-refractivity contribution in [1.29, 1.82) is 0 Å². The predicted octanol–water partition coefficient (Wildman–Crippen LogP) is 1.57. The van der Waals surface area contributed by atoms with E-state index in [2.05, 4.69) is 10.6 Å². The molecule has 1 fully saturated rings. The van der Waals surface area contributed by atoms with E-state index >= 15 is 0 Å². The number of benzene rings is 1. The van der Waals surface area contributed by atoms with E-state index in [9.17, 15) is 9.59 Å². The molecule has 22 heavy (non-hydrogen) atoms. The van der Waals surface area contributed by atoms with Crippen molar-refractivity contribution in [3.63, 3.8) is 0 Å². The van der Waals surface area contributed by atoms with Gasteiger partial charge in [-0.3, -0.25) is 9.59 Å². The zero-order chi connectivity index (χ0) is 15.4. The smallest absolute Gasteiger partial charge is 0.253 e. The van der Waals surface area contributed by atoms with Gasteiger partial charge in [-0.15, -0.1) is 12.4 Å². The van der Waals surface area contributed by atoms with Crippen LogP contribution in [0.4, 0.5) is 5.69 Å². The van der Waals surface area contributed by atoms with E-state index in [0.29, 0.717) is 24.2 Å². The van der Waals surface area contributed by atoms with Gasteiger partial charge in [-0.05, 0) is 31.0 Å². The van der Waals surface area contributed by atoms with Crippen LogP contribution in [-0.4, -0.2) is 37.6 Å². The monoisotopic (exact) mass is 347 g/mol. The summed E-state index contributed by atoms with van der Waals surface area (Å²) in [6.45, 7) is 0.413. The fourth-order valence-corrected chi connectivity index (χ4v) is 2.47. The highest BCUT2D eigenvalue weighted by atomic mass is 35.5. The van der Waals surface area contributed by atoms with E-state index in [-0.39, 0.29) is 35.3 Å². The molecule has 0 spiro atoms. The summed E-state index contributed by atoms with van der Waals surface area (Å²) < 4.78 is 5.52. The third-order valence-electron chi connectivity index (χ3n) is 3.37. The van der Waals surface area contributed by atoms with Crippen LogP contribution >= 0.6 is 24.0 Å². The first-order chi connectivity index (χ1) is 10.0. The number of ether oxygens (including phenoxy) is 1. The molecule has 0 radical (unpaired) electrons. The van der Waals surface area contributed by atoms with E-state index in [1.807, 2.05) is 0 Å². The van der Waals surface area contributed by atoms with E-state index in [1.165, 1.54) is 7.05 Å². The molecule has 0 aromatic heterocycles. The van der Waals surface area contributed by atoms with Crippen LogP contribution in [0.5, 0.6) is 0 Å². The Hall–Kier alpha value is -1.34. The molecule has 2 rings (SSSR count). The average molecular weight is 348 g/mol. The van der Waals surface area contributed by atoms with Gasteiger partial charge in [0.15, 0.2) is 0 Å². The van der Waals surface area contributed by atoms with Crippen LogP contribution in [0, 0.1) is 0 Å². The van der Waals surface area contributed by atoms with Crippen molar-refractivity contribution in [2.24, 2.45) is 5.73 Å². The summed E-state index contributed by atoms with van der Waals surface area (Å²) in [4.78, 5) is 23.6. The number of nitrogens with one attached hydrogen (secondary N) is 2. The largest absolute Gasteiger partial charge is 0.364 e. The van der Waals surface area contributed by atoms with Crippen LogP contribution in [0.2, 0.25) is 5.02 Å². The number of anilines is 1. The van der Waals surface area contributed by atoms with E-state index in [1.54, 1.807) is 18.2 Å². The van der Waals surface area contributed by atoms with Crippen molar-refractivity contribution < 1.29 is 14.3 Å². The molecule has 1 aliphatic rings. The lowest BCUT2D eigenvalue weighted by atomic mass is 10.1. The minimum atomic E-state index is -0.490. The Balaban J connectivity index is 0.00000242. The topological polar surface area (TPSA) is 93.5 Å². The van der Waals surface area contributed by atoms with Crippen LogP contribution in [0.1, 0.15) is 23.2 Å². The normalized spacial score (nSPS) is 20.1. The molecule has 1 saturated heterocycles. The van der Waals surface area contributed by atoms with Gasteiger partial charge in [0.2, 0.25) is 0 Å². The number of carbonyl (C=O) groups is 2. The van der Waals surface area contributed by atoms with Gasteiger partial charge in [-0.1, -0.05) is 11.6 Å². The summed E-state index contributed by atoms with van der Waals surface area (Å²) in [6.07, 6.45) is 0.888. The Bertz CT molecular complexity index is 554. The van der Waals surface area contributed by atoms with Gasteiger partial charge < -0.3 is 21.1 Å². The molecule has 2 atom stereocenters. The first-order valence-corrected chi connectivity index (χ1v) is 7.11. The average Bonchev–Trinajstić information content (AvgIpc) is 2.95. The van der Waals surface area contributed by atoms with Crippen molar-refractivity contribution in [3.8, 4) is 0 Å². The lowest BCUT2D eigenvalue weighted by Gasteiger charge is -2.13. The molecule has 0 aliphatic carbocycles. The Labute approximate surface area is 140 Å². The lowest BCUT2D eigenvalue weighted by Crippen LogP contribution is -2.29. The minimum Gasteiger partial charge on any atom is -0.364 e. The summed E-state index contributed by atoms with van der Waals surface area (Å²) in [5.74, 6) is -0.502. The van der Waals surface area contributed by atoms with Crippen LogP contribution in [-0.2, 0) is 9.53 Å². The number of halogens is 2. The predicted molar refractivity (Wildman–Crippen MR) is 87.7 cm³/mol. The van der Waals surface area contributed by atoms with E-state index < -0.39 is 6.10 Å². The molecule has 122 valence electrons. The molecule has 1 aromatic carbocycles.